The average molecular weight is 457 g/mol. The van der Waals surface area contributed by atoms with Gasteiger partial charge in [-0.15, -0.1) is 0 Å². The summed E-state index contributed by atoms with van der Waals surface area (Å²) >= 11 is 6.03. The van der Waals surface area contributed by atoms with Crippen molar-refractivity contribution < 1.29 is 27.1 Å². The quantitative estimate of drug-likeness (QED) is 0.615. The monoisotopic (exact) mass is 456 g/mol. The van der Waals surface area contributed by atoms with Gasteiger partial charge in [0.1, 0.15) is 5.82 Å². The van der Waals surface area contributed by atoms with Crippen LogP contribution >= 0.6 is 11.6 Å². The number of carbonyl (C=O) groups excluding carboxylic acids is 2. The van der Waals surface area contributed by atoms with Gasteiger partial charge in [0.25, 0.3) is 15.9 Å². The number of rotatable bonds is 8. The van der Waals surface area contributed by atoms with Gasteiger partial charge >= 0.3 is 5.97 Å². The molecule has 0 saturated carbocycles. The maximum atomic E-state index is 13.1. The van der Waals surface area contributed by atoms with Crippen molar-refractivity contribution in [2.75, 3.05) is 18.0 Å². The standard InChI is InChI=1S/C20H22ClFN2O5S/c1-4-13(2)23-19(25)12-29-20(26)17-11-16(9-10-18(17)21)30(27,28)24(3)15-7-5-14(22)6-8-15/h5-11,13H,4,12H2,1-3H3,(H,23,25)/t13-/m0/s1. The summed E-state index contributed by atoms with van der Waals surface area (Å²) in [6, 6.07) is 8.39. The van der Waals surface area contributed by atoms with E-state index in [0.717, 1.165) is 22.5 Å². The number of carbonyl (C=O) groups is 2. The van der Waals surface area contributed by atoms with Gasteiger partial charge in [0, 0.05) is 13.1 Å². The molecule has 0 unspecified atom stereocenters. The molecular weight excluding hydrogens is 435 g/mol. The number of anilines is 1. The van der Waals surface area contributed by atoms with E-state index in [1.807, 2.05) is 13.8 Å². The zero-order valence-corrected chi connectivity index (χ0v) is 18.3. The number of amides is 1. The second kappa shape index (κ2) is 9.90. The number of ether oxygens (including phenoxy) is 1. The minimum absolute atomic E-state index is 0.0225. The number of hydrogen-bond donors (Lipinski definition) is 1. The molecule has 0 fully saturated rings. The first-order valence-corrected chi connectivity index (χ1v) is 10.9. The number of halogens is 2. The molecule has 2 rings (SSSR count). The van der Waals surface area contributed by atoms with Crippen molar-refractivity contribution in [1.29, 1.82) is 0 Å². The highest BCUT2D eigenvalue weighted by Crippen LogP contribution is 2.26. The highest BCUT2D eigenvalue weighted by Gasteiger charge is 2.24. The third-order valence-electron chi connectivity index (χ3n) is 4.36. The summed E-state index contributed by atoms with van der Waals surface area (Å²) in [6.45, 7) is 3.18. The number of nitrogens with zero attached hydrogens (tertiary/aromatic N) is 1. The zero-order chi connectivity index (χ0) is 22.5. The molecule has 0 aliphatic carbocycles. The molecule has 0 aliphatic heterocycles. The van der Waals surface area contributed by atoms with Gasteiger partial charge < -0.3 is 10.1 Å². The Morgan fingerprint density at radius 3 is 2.43 bits per heavy atom. The Labute approximate surface area is 179 Å². The van der Waals surface area contributed by atoms with Crippen LogP contribution in [0.1, 0.15) is 30.6 Å². The van der Waals surface area contributed by atoms with Crippen LogP contribution in [0.4, 0.5) is 10.1 Å². The molecule has 1 amide bonds. The summed E-state index contributed by atoms with van der Waals surface area (Å²) in [4.78, 5) is 23.9. The van der Waals surface area contributed by atoms with Crippen molar-refractivity contribution in [2.45, 2.75) is 31.2 Å². The molecule has 0 bridgehead atoms. The van der Waals surface area contributed by atoms with Crippen LogP contribution in [-0.4, -0.2) is 40.0 Å². The summed E-state index contributed by atoms with van der Waals surface area (Å²) in [6.07, 6.45) is 0.715. The molecule has 7 nitrogen and oxygen atoms in total. The lowest BCUT2D eigenvalue weighted by Crippen LogP contribution is -2.35. The van der Waals surface area contributed by atoms with E-state index in [1.54, 1.807) is 0 Å². The molecule has 0 heterocycles. The van der Waals surface area contributed by atoms with Gasteiger partial charge in [-0.3, -0.25) is 9.10 Å². The molecule has 0 radical (unpaired) electrons. The second-order valence-corrected chi connectivity index (χ2v) is 8.92. The number of nitrogens with one attached hydrogen (secondary N) is 1. The minimum Gasteiger partial charge on any atom is -0.452 e. The van der Waals surface area contributed by atoms with Crippen LogP contribution in [0, 0.1) is 5.82 Å². The maximum absolute atomic E-state index is 13.1. The first-order valence-electron chi connectivity index (χ1n) is 9.06. The van der Waals surface area contributed by atoms with Gasteiger partial charge in [-0.2, -0.15) is 0 Å². The smallest absolute Gasteiger partial charge is 0.340 e. The Kier molecular flexibility index (Phi) is 7.80. The van der Waals surface area contributed by atoms with Crippen LogP contribution in [0.2, 0.25) is 5.02 Å². The Morgan fingerprint density at radius 1 is 1.20 bits per heavy atom. The van der Waals surface area contributed by atoms with Gasteiger partial charge in [0.2, 0.25) is 0 Å². The molecule has 1 N–H and O–H groups in total. The van der Waals surface area contributed by atoms with Crippen molar-refractivity contribution in [3.8, 4) is 0 Å². The summed E-state index contributed by atoms with van der Waals surface area (Å²) in [5.41, 5.74) is 0.0405. The van der Waals surface area contributed by atoms with E-state index in [9.17, 15) is 22.4 Å². The van der Waals surface area contributed by atoms with E-state index in [-0.39, 0.29) is 27.2 Å². The third kappa shape index (κ3) is 5.70. The van der Waals surface area contributed by atoms with E-state index in [1.165, 1.54) is 31.3 Å². The highest BCUT2D eigenvalue weighted by molar-refractivity contribution is 7.92. The zero-order valence-electron chi connectivity index (χ0n) is 16.7. The largest absolute Gasteiger partial charge is 0.452 e. The van der Waals surface area contributed by atoms with Crippen LogP contribution in [-0.2, 0) is 19.6 Å². The molecular formula is C20H22ClFN2O5S. The summed E-state index contributed by atoms with van der Waals surface area (Å²) in [5, 5.41) is 2.62. The molecule has 2 aromatic rings. The van der Waals surface area contributed by atoms with E-state index in [0.29, 0.717) is 6.42 Å². The van der Waals surface area contributed by atoms with E-state index >= 15 is 0 Å². The Hall–Kier alpha value is -2.65. The predicted molar refractivity (Wildman–Crippen MR) is 112 cm³/mol. The Morgan fingerprint density at radius 2 is 1.83 bits per heavy atom. The van der Waals surface area contributed by atoms with Crippen LogP contribution in [0.15, 0.2) is 47.4 Å². The molecule has 10 heteroatoms. The molecule has 162 valence electrons. The molecule has 0 saturated heterocycles. The van der Waals surface area contributed by atoms with Crippen LogP contribution in [0.3, 0.4) is 0 Å². The van der Waals surface area contributed by atoms with Crippen molar-refractivity contribution >= 4 is 39.2 Å². The van der Waals surface area contributed by atoms with Crippen LogP contribution in [0.5, 0.6) is 0 Å². The Bertz CT molecular complexity index is 1030. The summed E-state index contributed by atoms with van der Waals surface area (Å²) < 4.78 is 44.8. The van der Waals surface area contributed by atoms with Crippen molar-refractivity contribution in [3.05, 3.63) is 58.9 Å². The van der Waals surface area contributed by atoms with Gasteiger partial charge in [0.05, 0.1) is 21.2 Å². The van der Waals surface area contributed by atoms with Crippen LogP contribution in [0.25, 0.3) is 0 Å². The molecule has 0 aliphatic rings. The molecule has 0 aromatic heterocycles. The minimum atomic E-state index is -4.06. The van der Waals surface area contributed by atoms with E-state index in [2.05, 4.69) is 5.32 Å². The van der Waals surface area contributed by atoms with Crippen molar-refractivity contribution in [2.24, 2.45) is 0 Å². The first-order chi connectivity index (χ1) is 14.1. The summed E-state index contributed by atoms with van der Waals surface area (Å²) in [5.74, 6) is -1.91. The molecule has 2 aromatic carbocycles. The number of benzene rings is 2. The van der Waals surface area contributed by atoms with Crippen LogP contribution < -0.4 is 9.62 Å². The van der Waals surface area contributed by atoms with Crippen molar-refractivity contribution in [1.82, 2.24) is 5.32 Å². The SMILES string of the molecule is CC[C@H](C)NC(=O)COC(=O)c1cc(S(=O)(=O)N(C)c2ccc(F)cc2)ccc1Cl. The van der Waals surface area contributed by atoms with Gasteiger partial charge in [-0.05, 0) is 55.8 Å². The highest BCUT2D eigenvalue weighted by atomic mass is 35.5. The topological polar surface area (TPSA) is 92.8 Å². The lowest BCUT2D eigenvalue weighted by Gasteiger charge is -2.20. The van der Waals surface area contributed by atoms with Gasteiger partial charge in [-0.25, -0.2) is 17.6 Å². The fraction of sp³-hybridized carbons (Fsp3) is 0.300. The number of sulfonamides is 1. The third-order valence-corrected chi connectivity index (χ3v) is 6.47. The van der Waals surface area contributed by atoms with E-state index in [4.69, 9.17) is 16.3 Å². The fourth-order valence-electron chi connectivity index (χ4n) is 2.40. The molecule has 1 atom stereocenters. The van der Waals surface area contributed by atoms with E-state index < -0.39 is 34.3 Å². The lowest BCUT2D eigenvalue weighted by atomic mass is 10.2. The van der Waals surface area contributed by atoms with Gasteiger partial charge in [0.15, 0.2) is 6.61 Å². The average Bonchev–Trinajstić information content (AvgIpc) is 2.72. The number of hydrogen-bond acceptors (Lipinski definition) is 5. The second-order valence-electron chi connectivity index (χ2n) is 6.54. The molecule has 30 heavy (non-hydrogen) atoms. The number of esters is 1. The summed E-state index contributed by atoms with van der Waals surface area (Å²) in [7, 11) is -2.76. The predicted octanol–water partition coefficient (Wildman–Crippen LogP) is 3.38. The maximum Gasteiger partial charge on any atom is 0.340 e. The Balaban J connectivity index is 2.22. The molecule has 0 spiro atoms. The lowest BCUT2D eigenvalue weighted by molar-refractivity contribution is -0.124. The first kappa shape index (κ1) is 23.6. The van der Waals surface area contributed by atoms with Crippen molar-refractivity contribution in [3.63, 3.8) is 0 Å². The van der Waals surface area contributed by atoms with Gasteiger partial charge in [-0.1, -0.05) is 18.5 Å². The normalized spacial score (nSPS) is 12.2. The fourth-order valence-corrected chi connectivity index (χ4v) is 3.81.